The van der Waals surface area contributed by atoms with Crippen LogP contribution in [-0.2, 0) is 9.53 Å². The van der Waals surface area contributed by atoms with Crippen molar-refractivity contribution in [3.05, 3.63) is 0 Å². The highest BCUT2D eigenvalue weighted by Gasteiger charge is 2.71. The molecule has 0 aromatic heterocycles. The van der Waals surface area contributed by atoms with Gasteiger partial charge in [0.15, 0.2) is 0 Å². The fourth-order valence-corrected chi connectivity index (χ4v) is 3.60. The number of hydrogen-bond donors (Lipinski definition) is 0. The van der Waals surface area contributed by atoms with Gasteiger partial charge >= 0.3 is 5.97 Å². The number of hydrogen-bond acceptors (Lipinski definition) is 2. The van der Waals surface area contributed by atoms with Crippen molar-refractivity contribution in [1.82, 2.24) is 0 Å². The predicted molar refractivity (Wildman–Crippen MR) is 50.1 cm³/mol. The first-order valence-electron chi connectivity index (χ1n) is 5.03. The summed E-state index contributed by atoms with van der Waals surface area (Å²) in [5.74, 6) is 0.738. The van der Waals surface area contributed by atoms with Crippen LogP contribution < -0.4 is 0 Å². The van der Waals surface area contributed by atoms with E-state index in [1.165, 1.54) is 20.0 Å². The number of rotatable bonds is 1. The van der Waals surface area contributed by atoms with Crippen LogP contribution in [0.1, 0.15) is 33.6 Å². The summed E-state index contributed by atoms with van der Waals surface area (Å²) in [6.07, 6.45) is 2.38. The van der Waals surface area contributed by atoms with E-state index in [0.717, 1.165) is 0 Å². The summed E-state index contributed by atoms with van der Waals surface area (Å²) in [5, 5.41) is 0. The second kappa shape index (κ2) is 2.28. The smallest absolute Gasteiger partial charge is 0.309 e. The monoisotopic (exact) mass is 182 g/mol. The van der Waals surface area contributed by atoms with E-state index in [-0.39, 0.29) is 17.3 Å². The molecule has 3 atom stereocenters. The fraction of sp³-hybridized carbons (Fsp3) is 0.909. The summed E-state index contributed by atoms with van der Waals surface area (Å²) >= 11 is 0. The van der Waals surface area contributed by atoms with Gasteiger partial charge in [-0.25, -0.2) is 0 Å². The van der Waals surface area contributed by atoms with E-state index in [0.29, 0.717) is 11.3 Å². The summed E-state index contributed by atoms with van der Waals surface area (Å²) in [5.41, 5.74) is 0.538. The zero-order chi connectivity index (χ0) is 9.85. The Morgan fingerprint density at radius 2 is 2.00 bits per heavy atom. The zero-order valence-corrected chi connectivity index (χ0v) is 8.89. The third-order valence-corrected chi connectivity index (χ3v) is 4.92. The summed E-state index contributed by atoms with van der Waals surface area (Å²) < 4.78 is 4.85. The van der Waals surface area contributed by atoms with Crippen LogP contribution in [0.25, 0.3) is 0 Å². The number of ether oxygens (including phenoxy) is 1. The molecule has 0 amide bonds. The van der Waals surface area contributed by atoms with Crippen molar-refractivity contribution < 1.29 is 9.53 Å². The van der Waals surface area contributed by atoms with E-state index >= 15 is 0 Å². The Hall–Kier alpha value is -0.530. The van der Waals surface area contributed by atoms with Crippen molar-refractivity contribution in [2.24, 2.45) is 22.7 Å². The van der Waals surface area contributed by atoms with Gasteiger partial charge in [-0.05, 0) is 29.6 Å². The molecule has 3 saturated carbocycles. The van der Waals surface area contributed by atoms with Gasteiger partial charge in [0.1, 0.15) is 0 Å². The average Bonchev–Trinajstić information content (AvgIpc) is 2.54. The van der Waals surface area contributed by atoms with Crippen LogP contribution in [0.5, 0.6) is 0 Å². The Balaban J connectivity index is 2.26. The molecule has 3 aliphatic carbocycles. The lowest BCUT2D eigenvalue weighted by atomic mass is 9.45. The van der Waals surface area contributed by atoms with E-state index in [4.69, 9.17) is 4.74 Å². The molecule has 3 rings (SSSR count). The van der Waals surface area contributed by atoms with Crippen molar-refractivity contribution in [1.29, 1.82) is 0 Å². The Bertz CT molecular complexity index is 257. The van der Waals surface area contributed by atoms with E-state index in [2.05, 4.69) is 20.8 Å². The molecule has 74 valence electrons. The summed E-state index contributed by atoms with van der Waals surface area (Å²) in [6.45, 7) is 6.80. The van der Waals surface area contributed by atoms with Gasteiger partial charge in [0.25, 0.3) is 0 Å². The highest BCUT2D eigenvalue weighted by atomic mass is 16.5. The van der Waals surface area contributed by atoms with Crippen LogP contribution in [0, 0.1) is 22.7 Å². The molecule has 0 saturated heterocycles. The van der Waals surface area contributed by atoms with Gasteiger partial charge < -0.3 is 4.74 Å². The Labute approximate surface area is 79.7 Å². The fourth-order valence-electron chi connectivity index (χ4n) is 3.60. The third-order valence-electron chi connectivity index (χ3n) is 4.92. The Morgan fingerprint density at radius 3 is 2.31 bits per heavy atom. The number of fused-ring (bicyclic) bond motifs is 1. The minimum atomic E-state index is 0.00400. The van der Waals surface area contributed by atoms with E-state index < -0.39 is 0 Å². The summed E-state index contributed by atoms with van der Waals surface area (Å²) in [4.78, 5) is 11.5. The maximum absolute atomic E-state index is 11.5. The van der Waals surface area contributed by atoms with Gasteiger partial charge in [0.2, 0.25) is 0 Å². The minimum absolute atomic E-state index is 0.00400. The maximum atomic E-state index is 11.5. The van der Waals surface area contributed by atoms with Crippen LogP contribution in [0.15, 0.2) is 0 Å². The molecule has 0 radical (unpaired) electrons. The molecule has 2 heteroatoms. The number of esters is 1. The van der Waals surface area contributed by atoms with E-state index in [1.54, 1.807) is 0 Å². The Kier molecular flexibility index (Phi) is 1.59. The first-order chi connectivity index (χ1) is 5.95. The molecule has 2 bridgehead atoms. The predicted octanol–water partition coefficient (Wildman–Crippen LogP) is 2.23. The molecule has 13 heavy (non-hydrogen) atoms. The molecule has 3 unspecified atom stereocenters. The third kappa shape index (κ3) is 0.773. The van der Waals surface area contributed by atoms with E-state index in [9.17, 15) is 4.79 Å². The first kappa shape index (κ1) is 9.04. The lowest BCUT2D eigenvalue weighted by Crippen LogP contribution is -2.58. The Morgan fingerprint density at radius 1 is 1.38 bits per heavy atom. The second-order valence-corrected chi connectivity index (χ2v) is 5.29. The first-order valence-corrected chi connectivity index (χ1v) is 5.03. The average molecular weight is 182 g/mol. The molecule has 0 aliphatic heterocycles. The largest absolute Gasteiger partial charge is 0.469 e. The highest BCUT2D eigenvalue weighted by Crippen LogP contribution is 2.73. The normalized spacial score (nSPS) is 45.5. The van der Waals surface area contributed by atoms with Gasteiger partial charge in [0.05, 0.1) is 13.0 Å². The van der Waals surface area contributed by atoms with Crippen LogP contribution >= 0.6 is 0 Å². The molecule has 3 fully saturated rings. The molecular formula is C11H18O2. The van der Waals surface area contributed by atoms with Crippen molar-refractivity contribution in [3.63, 3.8) is 0 Å². The van der Waals surface area contributed by atoms with E-state index in [1.807, 2.05) is 0 Å². The maximum Gasteiger partial charge on any atom is 0.309 e. The molecule has 2 nitrogen and oxygen atoms in total. The van der Waals surface area contributed by atoms with Gasteiger partial charge in [-0.2, -0.15) is 0 Å². The van der Waals surface area contributed by atoms with Gasteiger partial charge in [-0.3, -0.25) is 4.79 Å². The van der Waals surface area contributed by atoms with Crippen LogP contribution in [0.3, 0.4) is 0 Å². The number of carbonyl (C=O) groups is 1. The van der Waals surface area contributed by atoms with Gasteiger partial charge in [-0.15, -0.1) is 0 Å². The lowest BCUT2D eigenvalue weighted by Gasteiger charge is -2.58. The molecule has 3 aliphatic rings. The number of methoxy groups -OCH3 is 1. The standard InChI is InChI=1S/C11H18O2/c1-10(2)7-5-6-11(10,3)8(7)9(12)13-4/h7-8H,5-6H2,1-4H3. The lowest BCUT2D eigenvalue weighted by molar-refractivity contribution is -0.180. The highest BCUT2D eigenvalue weighted by molar-refractivity contribution is 5.76. The molecular weight excluding hydrogens is 164 g/mol. The zero-order valence-electron chi connectivity index (χ0n) is 8.89. The SMILES string of the molecule is COC(=O)C1C2CCC1(C)C2(C)C. The van der Waals surface area contributed by atoms with Gasteiger partial charge in [-0.1, -0.05) is 20.8 Å². The van der Waals surface area contributed by atoms with Crippen LogP contribution in [0.2, 0.25) is 0 Å². The molecule has 0 heterocycles. The van der Waals surface area contributed by atoms with Crippen LogP contribution in [0.4, 0.5) is 0 Å². The molecule has 0 aromatic rings. The van der Waals surface area contributed by atoms with Crippen molar-refractivity contribution in [3.8, 4) is 0 Å². The number of carbonyl (C=O) groups excluding carboxylic acids is 1. The van der Waals surface area contributed by atoms with Crippen molar-refractivity contribution in [2.45, 2.75) is 33.6 Å². The van der Waals surface area contributed by atoms with Crippen molar-refractivity contribution in [2.75, 3.05) is 7.11 Å². The minimum Gasteiger partial charge on any atom is -0.469 e. The summed E-state index contributed by atoms with van der Waals surface area (Å²) in [7, 11) is 1.50. The summed E-state index contributed by atoms with van der Waals surface area (Å²) in [6, 6.07) is 0. The van der Waals surface area contributed by atoms with Gasteiger partial charge in [0, 0.05) is 0 Å². The van der Waals surface area contributed by atoms with Crippen LogP contribution in [-0.4, -0.2) is 13.1 Å². The second-order valence-electron chi connectivity index (χ2n) is 5.29. The molecule has 0 spiro atoms. The molecule has 0 N–H and O–H groups in total. The quantitative estimate of drug-likeness (QED) is 0.581. The topological polar surface area (TPSA) is 26.3 Å². The van der Waals surface area contributed by atoms with Crippen molar-refractivity contribution >= 4 is 5.97 Å². The molecule has 0 aromatic carbocycles.